The summed E-state index contributed by atoms with van der Waals surface area (Å²) < 4.78 is 5.92. The summed E-state index contributed by atoms with van der Waals surface area (Å²) in [5, 5.41) is 0. The van der Waals surface area contributed by atoms with E-state index in [4.69, 9.17) is 4.74 Å². The number of para-hydroxylation sites is 2. The van der Waals surface area contributed by atoms with Crippen molar-refractivity contribution in [2.45, 2.75) is 19.9 Å². The second-order valence-corrected chi connectivity index (χ2v) is 4.94. The molecule has 0 saturated heterocycles. The lowest BCUT2D eigenvalue weighted by Gasteiger charge is -2.27. The number of fused-ring (bicyclic) bond motifs is 1. The standard InChI is InChI=1S/C17H18N2O/c1-3-13-8-4-6-10-15(13)18-17-19(2)12-14-9-5-7-11-16(14)20-17/h4-11H,3,12H2,1-2H3. The van der Waals surface area contributed by atoms with E-state index in [1.807, 2.05) is 48.3 Å². The van der Waals surface area contributed by atoms with Gasteiger partial charge in [0.25, 0.3) is 6.02 Å². The molecule has 0 bridgehead atoms. The number of hydrogen-bond acceptors (Lipinski definition) is 2. The Balaban J connectivity index is 1.96. The Morgan fingerprint density at radius 2 is 1.85 bits per heavy atom. The van der Waals surface area contributed by atoms with Crippen LogP contribution in [-0.4, -0.2) is 18.0 Å². The van der Waals surface area contributed by atoms with Crippen LogP contribution in [0.1, 0.15) is 18.1 Å². The Morgan fingerprint density at radius 3 is 2.70 bits per heavy atom. The number of hydrogen-bond donors (Lipinski definition) is 0. The van der Waals surface area contributed by atoms with Crippen LogP contribution in [0.15, 0.2) is 53.5 Å². The molecule has 3 rings (SSSR count). The van der Waals surface area contributed by atoms with E-state index in [9.17, 15) is 0 Å². The van der Waals surface area contributed by atoms with Gasteiger partial charge in [0, 0.05) is 12.6 Å². The molecule has 2 aromatic rings. The minimum atomic E-state index is 0.657. The van der Waals surface area contributed by atoms with Crippen LogP contribution in [0.4, 0.5) is 5.69 Å². The van der Waals surface area contributed by atoms with E-state index in [1.54, 1.807) is 0 Å². The van der Waals surface area contributed by atoms with Gasteiger partial charge < -0.3 is 9.64 Å². The lowest BCUT2D eigenvalue weighted by atomic mass is 10.1. The molecule has 102 valence electrons. The molecule has 0 N–H and O–H groups in total. The predicted octanol–water partition coefficient (Wildman–Crippen LogP) is 3.76. The van der Waals surface area contributed by atoms with Crippen molar-refractivity contribution >= 4 is 11.7 Å². The fourth-order valence-electron chi connectivity index (χ4n) is 2.36. The first-order valence-corrected chi connectivity index (χ1v) is 6.91. The van der Waals surface area contributed by atoms with Crippen molar-refractivity contribution in [3.63, 3.8) is 0 Å². The van der Waals surface area contributed by atoms with E-state index in [1.165, 1.54) is 11.1 Å². The first-order chi connectivity index (χ1) is 9.78. The van der Waals surface area contributed by atoms with Crippen LogP contribution in [-0.2, 0) is 13.0 Å². The van der Waals surface area contributed by atoms with E-state index >= 15 is 0 Å². The minimum absolute atomic E-state index is 0.657. The van der Waals surface area contributed by atoms with E-state index in [2.05, 4.69) is 24.0 Å². The minimum Gasteiger partial charge on any atom is -0.425 e. The van der Waals surface area contributed by atoms with Crippen LogP contribution >= 0.6 is 0 Å². The van der Waals surface area contributed by atoms with Crippen LogP contribution in [0, 0.1) is 0 Å². The maximum atomic E-state index is 5.92. The number of nitrogens with zero attached hydrogens (tertiary/aromatic N) is 2. The second kappa shape index (κ2) is 5.37. The lowest BCUT2D eigenvalue weighted by Crippen LogP contribution is -2.34. The zero-order valence-electron chi connectivity index (χ0n) is 11.8. The SMILES string of the molecule is CCc1ccccc1N=C1Oc2ccccc2CN1C. The summed E-state index contributed by atoms with van der Waals surface area (Å²) in [4.78, 5) is 6.73. The summed E-state index contributed by atoms with van der Waals surface area (Å²) in [6.07, 6.45) is 0.966. The highest BCUT2D eigenvalue weighted by Gasteiger charge is 2.20. The first kappa shape index (κ1) is 12.7. The molecule has 0 radical (unpaired) electrons. The smallest absolute Gasteiger partial charge is 0.298 e. The zero-order chi connectivity index (χ0) is 13.9. The summed E-state index contributed by atoms with van der Waals surface area (Å²) in [6.45, 7) is 2.96. The zero-order valence-corrected chi connectivity index (χ0v) is 11.8. The van der Waals surface area contributed by atoms with Gasteiger partial charge in [0.1, 0.15) is 5.75 Å². The molecule has 1 aliphatic rings. The largest absolute Gasteiger partial charge is 0.425 e. The van der Waals surface area contributed by atoms with Gasteiger partial charge in [-0.2, -0.15) is 4.99 Å². The normalized spacial score (nSPS) is 15.9. The van der Waals surface area contributed by atoms with Crippen molar-refractivity contribution in [1.82, 2.24) is 4.90 Å². The van der Waals surface area contributed by atoms with Gasteiger partial charge in [0.15, 0.2) is 0 Å². The molecule has 0 saturated carbocycles. The average Bonchev–Trinajstić information content (AvgIpc) is 2.48. The molecule has 1 heterocycles. The summed E-state index contributed by atoms with van der Waals surface area (Å²) in [7, 11) is 2.00. The lowest BCUT2D eigenvalue weighted by molar-refractivity contribution is 0.346. The molecule has 0 spiro atoms. The molecule has 0 aliphatic carbocycles. The molecule has 0 unspecified atom stereocenters. The number of rotatable bonds is 2. The third kappa shape index (κ3) is 2.39. The Labute approximate surface area is 119 Å². The van der Waals surface area contributed by atoms with Crippen molar-refractivity contribution in [3.05, 3.63) is 59.7 Å². The molecular weight excluding hydrogens is 248 g/mol. The summed E-state index contributed by atoms with van der Waals surface area (Å²) in [5.74, 6) is 0.901. The van der Waals surface area contributed by atoms with Gasteiger partial charge in [0.05, 0.1) is 12.2 Å². The molecule has 0 amide bonds. The summed E-state index contributed by atoms with van der Waals surface area (Å²) >= 11 is 0. The van der Waals surface area contributed by atoms with Crippen LogP contribution in [0.2, 0.25) is 0 Å². The highest BCUT2D eigenvalue weighted by molar-refractivity contribution is 5.81. The maximum Gasteiger partial charge on any atom is 0.298 e. The van der Waals surface area contributed by atoms with Crippen LogP contribution in [0.5, 0.6) is 5.75 Å². The third-order valence-corrected chi connectivity index (χ3v) is 3.50. The Hall–Kier alpha value is -2.29. The summed E-state index contributed by atoms with van der Waals surface area (Å²) in [6, 6.07) is 16.9. The third-order valence-electron chi connectivity index (χ3n) is 3.50. The van der Waals surface area contributed by atoms with Crippen molar-refractivity contribution < 1.29 is 4.74 Å². The van der Waals surface area contributed by atoms with E-state index in [0.717, 1.165) is 24.4 Å². The van der Waals surface area contributed by atoms with Gasteiger partial charge in [-0.05, 0) is 24.1 Å². The second-order valence-electron chi connectivity index (χ2n) is 4.94. The van der Waals surface area contributed by atoms with Gasteiger partial charge in [-0.15, -0.1) is 0 Å². The molecule has 3 nitrogen and oxygen atoms in total. The van der Waals surface area contributed by atoms with Crippen molar-refractivity contribution in [1.29, 1.82) is 0 Å². The molecular formula is C17H18N2O. The fourth-order valence-corrected chi connectivity index (χ4v) is 2.36. The maximum absolute atomic E-state index is 5.92. The molecule has 2 aromatic carbocycles. The molecule has 0 atom stereocenters. The number of aryl methyl sites for hydroxylation is 1. The Morgan fingerprint density at radius 1 is 1.10 bits per heavy atom. The number of amidine groups is 1. The van der Waals surface area contributed by atoms with E-state index in [-0.39, 0.29) is 0 Å². The van der Waals surface area contributed by atoms with Crippen molar-refractivity contribution in [2.24, 2.45) is 4.99 Å². The molecule has 3 heteroatoms. The average molecular weight is 266 g/mol. The monoisotopic (exact) mass is 266 g/mol. The topological polar surface area (TPSA) is 24.8 Å². The molecule has 20 heavy (non-hydrogen) atoms. The molecule has 0 fully saturated rings. The first-order valence-electron chi connectivity index (χ1n) is 6.91. The van der Waals surface area contributed by atoms with Crippen LogP contribution < -0.4 is 4.74 Å². The van der Waals surface area contributed by atoms with Crippen molar-refractivity contribution in [3.8, 4) is 5.75 Å². The van der Waals surface area contributed by atoms with Crippen LogP contribution in [0.25, 0.3) is 0 Å². The van der Waals surface area contributed by atoms with Crippen LogP contribution in [0.3, 0.4) is 0 Å². The number of ether oxygens (including phenoxy) is 1. The van der Waals surface area contributed by atoms with Gasteiger partial charge in [-0.3, -0.25) is 0 Å². The predicted molar refractivity (Wildman–Crippen MR) is 81.5 cm³/mol. The van der Waals surface area contributed by atoms with Gasteiger partial charge >= 0.3 is 0 Å². The van der Waals surface area contributed by atoms with E-state index < -0.39 is 0 Å². The summed E-state index contributed by atoms with van der Waals surface area (Å²) in [5.41, 5.74) is 3.41. The van der Waals surface area contributed by atoms with E-state index in [0.29, 0.717) is 6.02 Å². The highest BCUT2D eigenvalue weighted by Crippen LogP contribution is 2.27. The van der Waals surface area contributed by atoms with Gasteiger partial charge in [-0.1, -0.05) is 43.3 Å². The highest BCUT2D eigenvalue weighted by atomic mass is 16.5. The van der Waals surface area contributed by atoms with Crippen molar-refractivity contribution in [2.75, 3.05) is 7.05 Å². The fraction of sp³-hybridized carbons (Fsp3) is 0.235. The molecule has 1 aliphatic heterocycles. The number of aliphatic imine (C=N–C) groups is 1. The Kier molecular flexibility index (Phi) is 3.42. The van der Waals surface area contributed by atoms with Gasteiger partial charge in [0.2, 0.25) is 0 Å². The Bertz CT molecular complexity index is 649. The van der Waals surface area contributed by atoms with Gasteiger partial charge in [-0.25, -0.2) is 0 Å². The quantitative estimate of drug-likeness (QED) is 0.826. The molecule has 0 aromatic heterocycles. The number of benzene rings is 2.